The fourth-order valence-corrected chi connectivity index (χ4v) is 7.38. The summed E-state index contributed by atoms with van der Waals surface area (Å²) >= 11 is 0. The van der Waals surface area contributed by atoms with Crippen molar-refractivity contribution >= 4 is 49.4 Å². The van der Waals surface area contributed by atoms with E-state index in [1.807, 2.05) is 0 Å². The Kier molecular flexibility index (Phi) is 5.59. The Hall–Kier alpha value is -4.88. The highest BCUT2D eigenvalue weighted by molar-refractivity contribution is 6.15. The highest BCUT2D eigenvalue weighted by Crippen LogP contribution is 2.56. The summed E-state index contributed by atoms with van der Waals surface area (Å²) < 4.78 is 0. The predicted molar refractivity (Wildman–Crippen MR) is 185 cm³/mol. The van der Waals surface area contributed by atoms with E-state index >= 15 is 0 Å². The maximum absolute atomic E-state index is 2.49. The van der Waals surface area contributed by atoms with Crippen molar-refractivity contribution < 1.29 is 0 Å². The molecular formula is C42H35N. The number of hydrogen-bond donors (Lipinski definition) is 0. The number of anilines is 3. The fourth-order valence-electron chi connectivity index (χ4n) is 7.38. The van der Waals surface area contributed by atoms with E-state index in [1.165, 1.54) is 60.3 Å². The van der Waals surface area contributed by atoms with Crippen LogP contribution >= 0.6 is 0 Å². The molecule has 1 heteroatoms. The average molecular weight is 554 g/mol. The number of rotatable bonds is 3. The number of hydrogen-bond acceptors (Lipinski definition) is 1. The molecule has 0 atom stereocenters. The molecule has 7 aromatic carbocycles. The van der Waals surface area contributed by atoms with Crippen molar-refractivity contribution in [3.63, 3.8) is 0 Å². The second kappa shape index (κ2) is 9.31. The minimum absolute atomic E-state index is 0.0249. The molecule has 0 heterocycles. The Morgan fingerprint density at radius 3 is 1.74 bits per heavy atom. The van der Waals surface area contributed by atoms with Crippen LogP contribution < -0.4 is 4.90 Å². The van der Waals surface area contributed by atoms with Crippen molar-refractivity contribution in [3.05, 3.63) is 151 Å². The molecular weight excluding hydrogens is 518 g/mol. The zero-order valence-electron chi connectivity index (χ0n) is 25.2. The van der Waals surface area contributed by atoms with Crippen LogP contribution in [-0.4, -0.2) is 0 Å². The van der Waals surface area contributed by atoms with Crippen LogP contribution in [0.15, 0.2) is 140 Å². The first-order valence-electron chi connectivity index (χ1n) is 15.3. The van der Waals surface area contributed by atoms with Gasteiger partial charge in [0.15, 0.2) is 0 Å². The summed E-state index contributed by atoms with van der Waals surface area (Å²) in [5, 5.41) is 7.75. The number of nitrogens with zero attached hydrogens (tertiary/aromatic N) is 1. The first-order chi connectivity index (χ1) is 20.9. The van der Waals surface area contributed by atoms with E-state index in [4.69, 9.17) is 0 Å². The molecule has 0 aliphatic heterocycles. The Labute approximate surface area is 254 Å². The van der Waals surface area contributed by atoms with Gasteiger partial charge in [-0.25, -0.2) is 0 Å². The van der Waals surface area contributed by atoms with Gasteiger partial charge in [-0.1, -0.05) is 125 Å². The van der Waals surface area contributed by atoms with Gasteiger partial charge in [0.25, 0.3) is 0 Å². The summed E-state index contributed by atoms with van der Waals surface area (Å²) in [6, 6.07) is 51.3. The van der Waals surface area contributed by atoms with Gasteiger partial charge in [0.1, 0.15) is 0 Å². The van der Waals surface area contributed by atoms with Gasteiger partial charge in [0, 0.05) is 16.8 Å². The fraction of sp³-hybridized carbons (Fsp3) is 0.143. The molecule has 0 spiro atoms. The SMILES string of the molecule is CC1(C)c2cc3ccc4c(N(c5ccccc5)c5ccccc5)cccc4c3cc2-c2c(ccc3ccccc23)C1(C)C. The van der Waals surface area contributed by atoms with Crippen molar-refractivity contribution in [2.45, 2.75) is 38.5 Å². The highest BCUT2D eigenvalue weighted by atomic mass is 15.1. The van der Waals surface area contributed by atoms with Gasteiger partial charge in [-0.3, -0.25) is 0 Å². The van der Waals surface area contributed by atoms with Gasteiger partial charge < -0.3 is 4.90 Å². The Balaban J connectivity index is 1.44. The lowest BCUT2D eigenvalue weighted by Crippen LogP contribution is -2.43. The summed E-state index contributed by atoms with van der Waals surface area (Å²) in [4.78, 5) is 2.38. The lowest BCUT2D eigenvalue weighted by molar-refractivity contribution is 0.299. The first kappa shape index (κ1) is 25.8. The van der Waals surface area contributed by atoms with Crippen molar-refractivity contribution in [2.75, 3.05) is 4.90 Å². The van der Waals surface area contributed by atoms with E-state index in [1.54, 1.807) is 0 Å². The van der Waals surface area contributed by atoms with Gasteiger partial charge in [0.2, 0.25) is 0 Å². The molecule has 0 aromatic heterocycles. The summed E-state index contributed by atoms with van der Waals surface area (Å²) in [5.74, 6) is 0. The largest absolute Gasteiger partial charge is 0.310 e. The summed E-state index contributed by atoms with van der Waals surface area (Å²) in [6.07, 6.45) is 0. The Morgan fingerprint density at radius 1 is 0.419 bits per heavy atom. The number of benzene rings is 7. The van der Waals surface area contributed by atoms with E-state index < -0.39 is 0 Å². The van der Waals surface area contributed by atoms with Crippen molar-refractivity contribution in [1.29, 1.82) is 0 Å². The quantitative estimate of drug-likeness (QED) is 0.197. The molecule has 0 fully saturated rings. The number of para-hydroxylation sites is 2. The van der Waals surface area contributed by atoms with E-state index in [9.17, 15) is 0 Å². The highest BCUT2D eigenvalue weighted by Gasteiger charge is 2.46. The van der Waals surface area contributed by atoms with Gasteiger partial charge in [-0.2, -0.15) is 0 Å². The zero-order chi connectivity index (χ0) is 29.3. The minimum Gasteiger partial charge on any atom is -0.310 e. The molecule has 1 nitrogen and oxygen atoms in total. The van der Waals surface area contributed by atoms with Crippen molar-refractivity contribution in [1.82, 2.24) is 0 Å². The molecule has 8 rings (SSSR count). The minimum atomic E-state index is -0.0415. The van der Waals surface area contributed by atoms with Crippen LogP contribution in [0.3, 0.4) is 0 Å². The van der Waals surface area contributed by atoms with Crippen LogP contribution in [0.5, 0.6) is 0 Å². The van der Waals surface area contributed by atoms with Crippen LogP contribution in [0.2, 0.25) is 0 Å². The van der Waals surface area contributed by atoms with Gasteiger partial charge in [0.05, 0.1) is 5.69 Å². The normalized spacial score (nSPS) is 14.9. The third kappa shape index (κ3) is 3.71. The van der Waals surface area contributed by atoms with Crippen LogP contribution in [0, 0.1) is 0 Å². The van der Waals surface area contributed by atoms with E-state index in [0.717, 1.165) is 11.4 Å². The van der Waals surface area contributed by atoms with Crippen LogP contribution in [0.1, 0.15) is 38.8 Å². The molecule has 0 bridgehead atoms. The Morgan fingerprint density at radius 2 is 1.02 bits per heavy atom. The Bertz CT molecular complexity index is 2130. The molecule has 0 saturated heterocycles. The van der Waals surface area contributed by atoms with E-state index in [0.29, 0.717) is 0 Å². The van der Waals surface area contributed by atoms with Gasteiger partial charge in [-0.15, -0.1) is 0 Å². The second-order valence-corrected chi connectivity index (χ2v) is 13.0. The predicted octanol–water partition coefficient (Wildman–Crippen LogP) is 11.9. The lowest BCUT2D eigenvalue weighted by atomic mass is 9.55. The standard InChI is InChI=1S/C42H35N/c1-41(2)37-25-23-28-14-11-12-19-32(28)40(37)36-27-35-29(26-38(36)42(41,3)4)22-24-34-33(35)20-13-21-39(34)43(30-15-7-5-8-16-30)31-17-9-6-10-18-31/h5-27H,1-4H3. The molecule has 1 aliphatic rings. The average Bonchev–Trinajstić information content (AvgIpc) is 3.04. The van der Waals surface area contributed by atoms with E-state index in [2.05, 4.69) is 172 Å². The van der Waals surface area contributed by atoms with Crippen molar-refractivity contribution in [3.8, 4) is 11.1 Å². The molecule has 0 N–H and O–H groups in total. The van der Waals surface area contributed by atoms with Crippen LogP contribution in [0.4, 0.5) is 17.1 Å². The topological polar surface area (TPSA) is 3.24 Å². The maximum atomic E-state index is 2.49. The third-order valence-corrected chi connectivity index (χ3v) is 10.4. The zero-order valence-corrected chi connectivity index (χ0v) is 25.2. The van der Waals surface area contributed by atoms with Crippen molar-refractivity contribution in [2.24, 2.45) is 0 Å². The lowest BCUT2D eigenvalue weighted by Gasteiger charge is -2.48. The van der Waals surface area contributed by atoms with E-state index in [-0.39, 0.29) is 10.8 Å². The van der Waals surface area contributed by atoms with Crippen LogP contribution in [0.25, 0.3) is 43.4 Å². The molecule has 1 aliphatic carbocycles. The number of fused-ring (bicyclic) bond motifs is 8. The summed E-state index contributed by atoms with van der Waals surface area (Å²) in [6.45, 7) is 9.68. The second-order valence-electron chi connectivity index (χ2n) is 13.0. The monoisotopic (exact) mass is 553 g/mol. The molecule has 0 saturated carbocycles. The summed E-state index contributed by atoms with van der Waals surface area (Å²) in [7, 11) is 0. The molecule has 0 radical (unpaired) electrons. The maximum Gasteiger partial charge on any atom is 0.0540 e. The molecule has 43 heavy (non-hydrogen) atoms. The molecule has 0 unspecified atom stereocenters. The van der Waals surface area contributed by atoms with Gasteiger partial charge in [-0.05, 0) is 102 Å². The van der Waals surface area contributed by atoms with Crippen LogP contribution in [-0.2, 0) is 10.8 Å². The third-order valence-electron chi connectivity index (χ3n) is 10.4. The first-order valence-corrected chi connectivity index (χ1v) is 15.3. The molecule has 0 amide bonds. The molecule has 7 aromatic rings. The molecule has 208 valence electrons. The smallest absolute Gasteiger partial charge is 0.0540 e. The summed E-state index contributed by atoms with van der Waals surface area (Å²) in [5.41, 5.74) is 9.03. The van der Waals surface area contributed by atoms with Gasteiger partial charge >= 0.3 is 0 Å².